The van der Waals surface area contributed by atoms with Gasteiger partial charge in [0.2, 0.25) is 5.89 Å². The molecule has 4 aromatic rings. The number of non-ortho nitro benzene ring substituents is 1. The Morgan fingerprint density at radius 2 is 1.74 bits per heavy atom. The van der Waals surface area contributed by atoms with E-state index >= 15 is 0 Å². The lowest BCUT2D eigenvalue weighted by Gasteiger charge is -2.03. The van der Waals surface area contributed by atoms with Crippen LogP contribution in [0.1, 0.15) is 10.4 Å². The summed E-state index contributed by atoms with van der Waals surface area (Å²) in [7, 11) is 0. The number of benzene rings is 3. The van der Waals surface area contributed by atoms with E-state index in [1.54, 1.807) is 18.2 Å². The van der Waals surface area contributed by atoms with Gasteiger partial charge in [0.05, 0.1) is 10.5 Å². The van der Waals surface area contributed by atoms with Gasteiger partial charge < -0.3 is 9.15 Å². The number of nitro benzene ring substituents is 1. The van der Waals surface area contributed by atoms with Crippen LogP contribution in [0.2, 0.25) is 0 Å². The van der Waals surface area contributed by atoms with Crippen molar-refractivity contribution >= 4 is 22.8 Å². The number of nitro groups is 1. The van der Waals surface area contributed by atoms with Gasteiger partial charge in [-0.2, -0.15) is 0 Å². The number of carbonyl (C=O) groups excluding carboxylic acids is 1. The lowest BCUT2D eigenvalue weighted by atomic mass is 10.2. The van der Waals surface area contributed by atoms with Crippen molar-refractivity contribution in [2.24, 2.45) is 0 Å². The molecule has 0 aliphatic rings. The molecule has 0 amide bonds. The number of carbonyl (C=O) groups is 1. The molecule has 0 fully saturated rings. The highest BCUT2D eigenvalue weighted by Gasteiger charge is 2.13. The summed E-state index contributed by atoms with van der Waals surface area (Å²) in [4.78, 5) is 26.8. The molecular formula is C20H12N2O5. The molecule has 1 heterocycles. The van der Waals surface area contributed by atoms with Gasteiger partial charge in [-0.3, -0.25) is 10.1 Å². The van der Waals surface area contributed by atoms with Gasteiger partial charge in [-0.25, -0.2) is 9.78 Å². The van der Waals surface area contributed by atoms with Gasteiger partial charge in [-0.05, 0) is 36.4 Å². The van der Waals surface area contributed by atoms with Crippen LogP contribution in [0.4, 0.5) is 5.69 Å². The van der Waals surface area contributed by atoms with Crippen LogP contribution < -0.4 is 4.74 Å². The van der Waals surface area contributed by atoms with Gasteiger partial charge >= 0.3 is 5.97 Å². The summed E-state index contributed by atoms with van der Waals surface area (Å²) in [6, 6.07) is 19.6. The van der Waals surface area contributed by atoms with E-state index in [0.29, 0.717) is 22.7 Å². The highest BCUT2D eigenvalue weighted by molar-refractivity contribution is 5.91. The van der Waals surface area contributed by atoms with Crippen LogP contribution in [-0.2, 0) is 0 Å². The summed E-state index contributed by atoms with van der Waals surface area (Å²) in [5.41, 5.74) is 2.09. The average Bonchev–Trinajstić information content (AvgIpc) is 3.12. The zero-order valence-corrected chi connectivity index (χ0v) is 13.9. The van der Waals surface area contributed by atoms with Gasteiger partial charge in [-0.1, -0.05) is 18.2 Å². The summed E-state index contributed by atoms with van der Waals surface area (Å²) >= 11 is 0. The molecular weight excluding hydrogens is 348 g/mol. The van der Waals surface area contributed by atoms with Crippen molar-refractivity contribution in [2.75, 3.05) is 0 Å². The average molecular weight is 360 g/mol. The number of hydrogen-bond acceptors (Lipinski definition) is 6. The third-order valence-corrected chi connectivity index (χ3v) is 3.91. The third-order valence-electron chi connectivity index (χ3n) is 3.91. The summed E-state index contributed by atoms with van der Waals surface area (Å²) < 4.78 is 11.1. The first-order chi connectivity index (χ1) is 13.1. The Morgan fingerprint density at radius 3 is 2.44 bits per heavy atom. The standard InChI is InChI=1S/C20H12N2O5/c23-20(14-6-8-15(9-7-14)22(24)25)26-16-10-11-17-18(12-16)27-19(21-17)13-4-2-1-3-5-13/h1-12H. The number of hydrogen-bond donors (Lipinski definition) is 0. The molecule has 7 nitrogen and oxygen atoms in total. The van der Waals surface area contributed by atoms with E-state index in [1.807, 2.05) is 30.3 Å². The minimum atomic E-state index is -0.618. The normalized spacial score (nSPS) is 10.7. The second-order valence-corrected chi connectivity index (χ2v) is 5.71. The van der Waals surface area contributed by atoms with Crippen molar-refractivity contribution in [3.05, 3.63) is 88.5 Å². The first-order valence-electron chi connectivity index (χ1n) is 8.03. The molecule has 0 unspecified atom stereocenters. The van der Waals surface area contributed by atoms with Gasteiger partial charge in [0.15, 0.2) is 5.58 Å². The Kier molecular flexibility index (Phi) is 4.10. The maximum Gasteiger partial charge on any atom is 0.343 e. The summed E-state index contributed by atoms with van der Waals surface area (Å²) in [5, 5.41) is 10.7. The topological polar surface area (TPSA) is 95.5 Å². The Morgan fingerprint density at radius 1 is 1.00 bits per heavy atom. The SMILES string of the molecule is O=C(Oc1ccc2nc(-c3ccccc3)oc2c1)c1ccc([N+](=O)[O-])cc1. The highest BCUT2D eigenvalue weighted by Crippen LogP contribution is 2.27. The molecule has 0 bridgehead atoms. The zero-order valence-electron chi connectivity index (χ0n) is 13.9. The number of nitrogens with zero attached hydrogens (tertiary/aromatic N) is 2. The van der Waals surface area contributed by atoms with Crippen LogP contribution in [0, 0.1) is 10.1 Å². The minimum Gasteiger partial charge on any atom is -0.436 e. The van der Waals surface area contributed by atoms with Crippen LogP contribution in [-0.4, -0.2) is 15.9 Å². The quantitative estimate of drug-likeness (QED) is 0.228. The predicted molar refractivity (Wildman–Crippen MR) is 97.5 cm³/mol. The molecule has 0 aliphatic heterocycles. The number of aromatic nitrogens is 1. The van der Waals surface area contributed by atoms with Crippen molar-refractivity contribution in [3.63, 3.8) is 0 Å². The minimum absolute atomic E-state index is 0.0944. The molecule has 0 aliphatic carbocycles. The van der Waals surface area contributed by atoms with Crippen molar-refractivity contribution in [1.29, 1.82) is 0 Å². The first-order valence-corrected chi connectivity index (χ1v) is 8.03. The molecule has 1 aromatic heterocycles. The predicted octanol–water partition coefficient (Wildman–Crippen LogP) is 4.62. The highest BCUT2D eigenvalue weighted by atomic mass is 16.6. The fraction of sp³-hybridized carbons (Fsp3) is 0. The van der Waals surface area contributed by atoms with Crippen LogP contribution in [0.15, 0.2) is 77.2 Å². The summed E-state index contributed by atoms with van der Waals surface area (Å²) in [5.74, 6) is 0.151. The van der Waals surface area contributed by atoms with Gasteiger partial charge in [0.1, 0.15) is 11.3 Å². The smallest absolute Gasteiger partial charge is 0.343 e. The van der Waals surface area contributed by atoms with Gasteiger partial charge in [0, 0.05) is 23.8 Å². The van der Waals surface area contributed by atoms with E-state index in [1.165, 1.54) is 24.3 Å². The van der Waals surface area contributed by atoms with Gasteiger partial charge in [0.25, 0.3) is 5.69 Å². The molecule has 0 saturated carbocycles. The van der Waals surface area contributed by atoms with Crippen LogP contribution in [0.3, 0.4) is 0 Å². The molecule has 0 saturated heterocycles. The van der Waals surface area contributed by atoms with E-state index < -0.39 is 10.9 Å². The number of rotatable bonds is 4. The van der Waals surface area contributed by atoms with E-state index in [2.05, 4.69) is 4.98 Å². The fourth-order valence-electron chi connectivity index (χ4n) is 2.56. The van der Waals surface area contributed by atoms with E-state index in [9.17, 15) is 14.9 Å². The number of oxazole rings is 1. The fourth-order valence-corrected chi connectivity index (χ4v) is 2.56. The molecule has 4 rings (SSSR count). The Hall–Kier alpha value is -4.00. The number of fused-ring (bicyclic) bond motifs is 1. The lowest BCUT2D eigenvalue weighted by Crippen LogP contribution is -2.08. The molecule has 0 atom stereocenters. The molecule has 3 aromatic carbocycles. The van der Waals surface area contributed by atoms with Crippen molar-refractivity contribution in [3.8, 4) is 17.2 Å². The Labute approximate surface area is 153 Å². The molecule has 7 heteroatoms. The molecule has 27 heavy (non-hydrogen) atoms. The maximum absolute atomic E-state index is 12.2. The molecule has 0 N–H and O–H groups in total. The van der Waals surface area contributed by atoms with E-state index in [4.69, 9.17) is 9.15 Å². The maximum atomic E-state index is 12.2. The summed E-state index contributed by atoms with van der Waals surface area (Å²) in [6.07, 6.45) is 0. The van der Waals surface area contributed by atoms with Crippen molar-refractivity contribution in [1.82, 2.24) is 4.98 Å². The van der Waals surface area contributed by atoms with E-state index in [0.717, 1.165) is 5.56 Å². The van der Waals surface area contributed by atoms with Crippen molar-refractivity contribution < 1.29 is 18.9 Å². The second-order valence-electron chi connectivity index (χ2n) is 5.71. The van der Waals surface area contributed by atoms with Crippen LogP contribution in [0.25, 0.3) is 22.6 Å². The second kappa shape index (κ2) is 6.72. The number of ether oxygens (including phenoxy) is 1. The largest absolute Gasteiger partial charge is 0.436 e. The third kappa shape index (κ3) is 3.38. The monoisotopic (exact) mass is 360 g/mol. The van der Waals surface area contributed by atoms with E-state index in [-0.39, 0.29) is 11.3 Å². The number of esters is 1. The first kappa shape index (κ1) is 16.5. The molecule has 0 radical (unpaired) electrons. The van der Waals surface area contributed by atoms with Gasteiger partial charge in [-0.15, -0.1) is 0 Å². The Bertz CT molecular complexity index is 1130. The zero-order chi connectivity index (χ0) is 18.8. The molecule has 0 spiro atoms. The molecule has 132 valence electrons. The summed E-state index contributed by atoms with van der Waals surface area (Å²) in [6.45, 7) is 0. The van der Waals surface area contributed by atoms with Crippen molar-refractivity contribution in [2.45, 2.75) is 0 Å². The lowest BCUT2D eigenvalue weighted by molar-refractivity contribution is -0.384. The van der Waals surface area contributed by atoms with Crippen LogP contribution in [0.5, 0.6) is 5.75 Å². The Balaban J connectivity index is 1.57. The van der Waals surface area contributed by atoms with Crippen LogP contribution >= 0.6 is 0 Å².